The van der Waals surface area contributed by atoms with Crippen LogP contribution >= 0.6 is 0 Å². The number of anilines is 1. The van der Waals surface area contributed by atoms with E-state index in [4.69, 9.17) is 5.11 Å². The number of nitrogens with one attached hydrogen (secondary N) is 1. The topological polar surface area (TPSA) is 110 Å². The molecule has 8 heteroatoms. The molecule has 0 spiro atoms. The molecule has 0 aliphatic heterocycles. The Hall–Kier alpha value is -2.90. The highest BCUT2D eigenvalue weighted by Gasteiger charge is 2.24. The highest BCUT2D eigenvalue weighted by Crippen LogP contribution is 2.29. The van der Waals surface area contributed by atoms with Crippen molar-refractivity contribution in [3.05, 3.63) is 51.3 Å². The summed E-state index contributed by atoms with van der Waals surface area (Å²) in [4.78, 5) is 21.5. The summed E-state index contributed by atoms with van der Waals surface area (Å²) < 4.78 is 1.65. The number of benzene rings is 1. The number of carboxylic acids is 1. The number of hydrogen-bond acceptors (Lipinski definition) is 5. The fraction of sp³-hybridized carbons (Fsp3) is 0.231. The molecule has 2 aromatic rings. The van der Waals surface area contributed by atoms with Gasteiger partial charge in [0.1, 0.15) is 11.3 Å². The Balaban J connectivity index is 2.32. The summed E-state index contributed by atoms with van der Waals surface area (Å²) in [6.45, 7) is 2.16. The van der Waals surface area contributed by atoms with E-state index in [1.54, 1.807) is 17.9 Å². The predicted molar refractivity (Wildman–Crippen MR) is 75.3 cm³/mol. The average Bonchev–Trinajstić information content (AvgIpc) is 2.73. The summed E-state index contributed by atoms with van der Waals surface area (Å²) in [6, 6.07) is 4.16. The van der Waals surface area contributed by atoms with E-state index in [1.807, 2.05) is 6.92 Å². The van der Waals surface area contributed by atoms with Crippen LogP contribution in [-0.2, 0) is 13.6 Å². The number of carboxylic acid groups (broad SMARTS) is 1. The second-order valence-electron chi connectivity index (χ2n) is 4.53. The maximum absolute atomic E-state index is 11.1. The smallest absolute Gasteiger partial charge is 0.342 e. The number of aromatic carboxylic acids is 1. The highest BCUT2D eigenvalue weighted by atomic mass is 16.6. The first-order valence-corrected chi connectivity index (χ1v) is 6.14. The van der Waals surface area contributed by atoms with Crippen LogP contribution in [0.4, 0.5) is 11.4 Å². The third-order valence-corrected chi connectivity index (χ3v) is 3.03. The van der Waals surface area contributed by atoms with E-state index in [0.717, 1.165) is 11.3 Å². The number of hydrogen-bond donors (Lipinski definition) is 2. The summed E-state index contributed by atoms with van der Waals surface area (Å²) in [6.07, 6.45) is 1.80. The molecule has 1 aromatic carbocycles. The van der Waals surface area contributed by atoms with Crippen molar-refractivity contribution < 1.29 is 14.8 Å². The third-order valence-electron chi connectivity index (χ3n) is 3.03. The molecule has 2 rings (SSSR count). The van der Waals surface area contributed by atoms with Crippen molar-refractivity contribution >= 4 is 17.3 Å². The minimum absolute atomic E-state index is 0.170. The Kier molecular flexibility index (Phi) is 3.88. The molecule has 110 valence electrons. The van der Waals surface area contributed by atoms with Crippen LogP contribution in [0, 0.1) is 17.0 Å². The number of nitro groups is 1. The number of para-hydroxylation sites is 1. The molecule has 8 nitrogen and oxygen atoms in total. The summed E-state index contributed by atoms with van der Waals surface area (Å²) in [5, 5.41) is 27.2. The van der Waals surface area contributed by atoms with Gasteiger partial charge in [-0.2, -0.15) is 5.10 Å². The number of nitrogens with zero attached hydrogens (tertiary/aromatic N) is 3. The molecule has 0 amide bonds. The van der Waals surface area contributed by atoms with Crippen LogP contribution in [0.1, 0.15) is 21.6 Å². The molecule has 0 saturated carbocycles. The molecule has 1 aromatic heterocycles. The standard InChI is InChI=1S/C13H14N4O4/c1-8-9(7-16(2)15-8)6-14-11-5-3-4-10(13(18)19)12(11)17(20)21/h3-5,7,14H,6H2,1-2H3,(H,18,19). The zero-order valence-electron chi connectivity index (χ0n) is 11.5. The van der Waals surface area contributed by atoms with Crippen molar-refractivity contribution in [2.45, 2.75) is 13.5 Å². The van der Waals surface area contributed by atoms with E-state index >= 15 is 0 Å². The minimum atomic E-state index is -1.33. The highest BCUT2D eigenvalue weighted by molar-refractivity contribution is 5.95. The van der Waals surface area contributed by atoms with Crippen molar-refractivity contribution in [3.63, 3.8) is 0 Å². The fourth-order valence-electron chi connectivity index (χ4n) is 2.07. The maximum atomic E-state index is 11.1. The Morgan fingerprint density at radius 1 is 1.52 bits per heavy atom. The van der Waals surface area contributed by atoms with Crippen LogP contribution in [0.3, 0.4) is 0 Å². The zero-order chi connectivity index (χ0) is 15.6. The monoisotopic (exact) mass is 290 g/mol. The molecule has 0 unspecified atom stereocenters. The summed E-state index contributed by atoms with van der Waals surface area (Å²) in [7, 11) is 1.78. The van der Waals surface area contributed by atoms with Gasteiger partial charge in [-0.1, -0.05) is 6.07 Å². The third kappa shape index (κ3) is 2.99. The lowest BCUT2D eigenvalue weighted by Gasteiger charge is -2.08. The van der Waals surface area contributed by atoms with Gasteiger partial charge in [-0.3, -0.25) is 14.8 Å². The van der Waals surface area contributed by atoms with Crippen molar-refractivity contribution in [1.29, 1.82) is 0 Å². The van der Waals surface area contributed by atoms with Crippen molar-refractivity contribution in [2.24, 2.45) is 7.05 Å². The van der Waals surface area contributed by atoms with E-state index in [0.29, 0.717) is 6.54 Å². The van der Waals surface area contributed by atoms with E-state index < -0.39 is 16.6 Å². The number of aromatic nitrogens is 2. The zero-order valence-corrected chi connectivity index (χ0v) is 11.5. The van der Waals surface area contributed by atoms with Crippen LogP contribution < -0.4 is 5.32 Å². The molecule has 0 fully saturated rings. The molecule has 0 saturated heterocycles. The first kappa shape index (κ1) is 14.5. The summed E-state index contributed by atoms with van der Waals surface area (Å²) in [5.41, 5.74) is 1.08. The molecule has 21 heavy (non-hydrogen) atoms. The predicted octanol–water partition coefficient (Wildman–Crippen LogP) is 1.95. The SMILES string of the molecule is Cc1nn(C)cc1CNc1cccc(C(=O)O)c1[N+](=O)[O-]. The largest absolute Gasteiger partial charge is 0.477 e. The van der Waals surface area contributed by atoms with Crippen LogP contribution in [0.15, 0.2) is 24.4 Å². The number of aryl methyl sites for hydroxylation is 2. The van der Waals surface area contributed by atoms with Crippen molar-refractivity contribution in [2.75, 3.05) is 5.32 Å². The average molecular weight is 290 g/mol. The Morgan fingerprint density at radius 3 is 2.76 bits per heavy atom. The lowest BCUT2D eigenvalue weighted by atomic mass is 10.1. The van der Waals surface area contributed by atoms with Gasteiger partial charge in [0, 0.05) is 25.4 Å². The molecular formula is C13H14N4O4. The second-order valence-corrected chi connectivity index (χ2v) is 4.53. The van der Waals surface area contributed by atoms with Crippen LogP contribution in [0.25, 0.3) is 0 Å². The molecule has 2 N–H and O–H groups in total. The van der Waals surface area contributed by atoms with Gasteiger partial charge in [0.2, 0.25) is 0 Å². The Labute approximate surface area is 120 Å². The number of rotatable bonds is 5. The van der Waals surface area contributed by atoms with Crippen LogP contribution in [0.5, 0.6) is 0 Å². The Bertz CT molecular complexity index is 708. The Morgan fingerprint density at radius 2 is 2.24 bits per heavy atom. The van der Waals surface area contributed by atoms with Gasteiger partial charge in [-0.05, 0) is 19.1 Å². The quantitative estimate of drug-likeness (QED) is 0.643. The molecule has 0 aliphatic carbocycles. The summed E-state index contributed by atoms with van der Waals surface area (Å²) in [5.74, 6) is -1.33. The van der Waals surface area contributed by atoms with E-state index in [1.165, 1.54) is 18.2 Å². The van der Waals surface area contributed by atoms with Crippen LogP contribution in [-0.4, -0.2) is 25.8 Å². The first-order chi connectivity index (χ1) is 9.90. The second kappa shape index (κ2) is 5.61. The molecule has 0 atom stereocenters. The van der Waals surface area contributed by atoms with Crippen molar-refractivity contribution in [1.82, 2.24) is 9.78 Å². The van der Waals surface area contributed by atoms with E-state index in [9.17, 15) is 14.9 Å². The van der Waals surface area contributed by atoms with Crippen molar-refractivity contribution in [3.8, 4) is 0 Å². The minimum Gasteiger partial charge on any atom is -0.477 e. The first-order valence-electron chi connectivity index (χ1n) is 6.14. The van der Waals surface area contributed by atoms with Gasteiger partial charge in [-0.15, -0.1) is 0 Å². The molecule has 0 aliphatic rings. The molecular weight excluding hydrogens is 276 g/mol. The number of nitro benzene ring substituents is 1. The fourth-order valence-corrected chi connectivity index (χ4v) is 2.07. The van der Waals surface area contributed by atoms with Gasteiger partial charge < -0.3 is 10.4 Å². The molecule has 0 bridgehead atoms. The maximum Gasteiger partial charge on any atom is 0.342 e. The van der Waals surface area contributed by atoms with E-state index in [-0.39, 0.29) is 11.3 Å². The number of carbonyl (C=O) groups is 1. The lowest BCUT2D eigenvalue weighted by Crippen LogP contribution is -2.08. The van der Waals surface area contributed by atoms with Crippen LogP contribution in [0.2, 0.25) is 0 Å². The van der Waals surface area contributed by atoms with Gasteiger partial charge in [0.15, 0.2) is 0 Å². The van der Waals surface area contributed by atoms with Gasteiger partial charge in [0.05, 0.1) is 10.6 Å². The molecule has 0 radical (unpaired) electrons. The molecule has 1 heterocycles. The summed E-state index contributed by atoms with van der Waals surface area (Å²) >= 11 is 0. The normalized spacial score (nSPS) is 10.4. The van der Waals surface area contributed by atoms with Gasteiger partial charge >= 0.3 is 11.7 Å². The van der Waals surface area contributed by atoms with Gasteiger partial charge in [0.25, 0.3) is 0 Å². The van der Waals surface area contributed by atoms with Gasteiger partial charge in [-0.25, -0.2) is 4.79 Å². The lowest BCUT2D eigenvalue weighted by molar-refractivity contribution is -0.384. The van der Waals surface area contributed by atoms with E-state index in [2.05, 4.69) is 10.4 Å².